The van der Waals surface area contributed by atoms with Gasteiger partial charge in [-0.05, 0) is 33.6 Å². The molecule has 1 aliphatic heterocycles. The second-order valence-corrected chi connectivity index (χ2v) is 6.05. The number of nitrogens with zero attached hydrogens (tertiary/aromatic N) is 1. The minimum Gasteiger partial charge on any atom is -0.444 e. The Bertz CT molecular complexity index is 288. The summed E-state index contributed by atoms with van der Waals surface area (Å²) in [7, 11) is 0. The first-order valence-electron chi connectivity index (χ1n) is 7.09. The van der Waals surface area contributed by atoms with Crippen molar-refractivity contribution in [2.24, 2.45) is 0 Å². The van der Waals surface area contributed by atoms with Gasteiger partial charge in [0.2, 0.25) is 0 Å². The highest BCUT2D eigenvalue weighted by Crippen LogP contribution is 2.23. The lowest BCUT2D eigenvalue weighted by molar-refractivity contribution is 0.0132. The van der Waals surface area contributed by atoms with Crippen molar-refractivity contribution in [2.75, 3.05) is 19.8 Å². The number of aliphatic hydroxyl groups is 1. The van der Waals surface area contributed by atoms with Gasteiger partial charge in [0.1, 0.15) is 5.60 Å². The summed E-state index contributed by atoms with van der Waals surface area (Å²) in [4.78, 5) is 13.6. The first-order chi connectivity index (χ1) is 8.87. The van der Waals surface area contributed by atoms with E-state index in [1.165, 1.54) is 0 Å². The Balaban J connectivity index is 2.50. The minimum atomic E-state index is -0.516. The van der Waals surface area contributed by atoms with Gasteiger partial charge in [-0.1, -0.05) is 13.3 Å². The Morgan fingerprint density at radius 3 is 2.63 bits per heavy atom. The van der Waals surface area contributed by atoms with Crippen LogP contribution in [0, 0.1) is 0 Å². The van der Waals surface area contributed by atoms with E-state index in [1.54, 1.807) is 4.90 Å². The van der Waals surface area contributed by atoms with E-state index in [4.69, 9.17) is 9.47 Å². The SMILES string of the molecule is CCCCO[C@H]1C[C@@H](CO)N(C(=O)OC(C)(C)C)C1. The number of carbonyl (C=O) groups is 1. The van der Waals surface area contributed by atoms with Crippen molar-refractivity contribution in [2.45, 2.75) is 64.7 Å². The second-order valence-electron chi connectivity index (χ2n) is 6.05. The summed E-state index contributed by atoms with van der Waals surface area (Å²) in [6, 6.07) is -0.193. The summed E-state index contributed by atoms with van der Waals surface area (Å²) in [5, 5.41) is 9.37. The van der Waals surface area contributed by atoms with Crippen LogP contribution in [0.25, 0.3) is 0 Å². The molecule has 0 aromatic rings. The van der Waals surface area contributed by atoms with Gasteiger partial charge in [0, 0.05) is 6.61 Å². The summed E-state index contributed by atoms with van der Waals surface area (Å²) in [5.41, 5.74) is -0.516. The van der Waals surface area contributed by atoms with Gasteiger partial charge in [0.25, 0.3) is 0 Å². The lowest BCUT2D eigenvalue weighted by atomic mass is 10.2. The zero-order valence-electron chi connectivity index (χ0n) is 12.5. The molecule has 0 aliphatic carbocycles. The van der Waals surface area contributed by atoms with Gasteiger partial charge >= 0.3 is 6.09 Å². The average Bonchev–Trinajstić information content (AvgIpc) is 2.70. The van der Waals surface area contributed by atoms with Gasteiger partial charge < -0.3 is 19.5 Å². The highest BCUT2D eigenvalue weighted by Gasteiger charge is 2.37. The summed E-state index contributed by atoms with van der Waals surface area (Å²) >= 11 is 0. The second kappa shape index (κ2) is 7.10. The van der Waals surface area contributed by atoms with Crippen LogP contribution in [-0.4, -0.2) is 53.6 Å². The maximum absolute atomic E-state index is 12.0. The fraction of sp³-hybridized carbons (Fsp3) is 0.929. The molecule has 0 radical (unpaired) electrons. The van der Waals surface area contributed by atoms with E-state index in [2.05, 4.69) is 6.92 Å². The third-order valence-corrected chi connectivity index (χ3v) is 3.07. The highest BCUT2D eigenvalue weighted by molar-refractivity contribution is 5.69. The van der Waals surface area contributed by atoms with Gasteiger partial charge in [-0.2, -0.15) is 0 Å². The Labute approximate surface area is 115 Å². The Morgan fingerprint density at radius 1 is 1.42 bits per heavy atom. The van der Waals surface area contributed by atoms with E-state index in [0.717, 1.165) is 12.8 Å². The number of amides is 1. The molecule has 1 saturated heterocycles. The van der Waals surface area contributed by atoms with Crippen molar-refractivity contribution in [1.82, 2.24) is 4.90 Å². The minimum absolute atomic E-state index is 0.0104. The van der Waals surface area contributed by atoms with Crippen LogP contribution in [0.2, 0.25) is 0 Å². The number of unbranched alkanes of at least 4 members (excludes halogenated alkanes) is 1. The van der Waals surface area contributed by atoms with E-state index in [9.17, 15) is 9.90 Å². The standard InChI is InChI=1S/C14H27NO4/c1-5-6-7-18-12-8-11(10-16)15(9-12)13(17)19-14(2,3)4/h11-12,16H,5-10H2,1-4H3/t11-,12-/m0/s1. The molecular formula is C14H27NO4. The maximum Gasteiger partial charge on any atom is 0.410 e. The van der Waals surface area contributed by atoms with Gasteiger partial charge in [0.05, 0.1) is 25.3 Å². The zero-order chi connectivity index (χ0) is 14.5. The van der Waals surface area contributed by atoms with Crippen LogP contribution in [0.5, 0.6) is 0 Å². The average molecular weight is 273 g/mol. The van der Waals surface area contributed by atoms with Crippen molar-refractivity contribution in [3.05, 3.63) is 0 Å². The summed E-state index contributed by atoms with van der Waals surface area (Å²) < 4.78 is 11.1. The van der Waals surface area contributed by atoms with Crippen molar-refractivity contribution in [1.29, 1.82) is 0 Å². The van der Waals surface area contributed by atoms with Crippen LogP contribution < -0.4 is 0 Å². The smallest absolute Gasteiger partial charge is 0.410 e. The zero-order valence-corrected chi connectivity index (χ0v) is 12.5. The van der Waals surface area contributed by atoms with E-state index in [1.807, 2.05) is 20.8 Å². The molecule has 0 saturated carbocycles. The normalized spacial score (nSPS) is 23.7. The maximum atomic E-state index is 12.0. The molecule has 19 heavy (non-hydrogen) atoms. The molecular weight excluding hydrogens is 246 g/mol. The van der Waals surface area contributed by atoms with Crippen molar-refractivity contribution < 1.29 is 19.4 Å². The monoisotopic (exact) mass is 273 g/mol. The van der Waals surface area contributed by atoms with Crippen molar-refractivity contribution >= 4 is 6.09 Å². The Hall–Kier alpha value is -0.810. The molecule has 2 atom stereocenters. The van der Waals surface area contributed by atoms with Gasteiger partial charge in [0.15, 0.2) is 0 Å². The molecule has 1 amide bonds. The molecule has 5 heteroatoms. The summed E-state index contributed by atoms with van der Waals surface area (Å²) in [6.45, 7) is 8.79. The number of rotatable bonds is 5. The molecule has 0 unspecified atom stereocenters. The lowest BCUT2D eigenvalue weighted by Gasteiger charge is -2.27. The van der Waals surface area contributed by atoms with Crippen molar-refractivity contribution in [3.8, 4) is 0 Å². The van der Waals surface area contributed by atoms with Crippen LogP contribution in [0.4, 0.5) is 4.79 Å². The molecule has 1 heterocycles. The molecule has 0 spiro atoms. The first-order valence-corrected chi connectivity index (χ1v) is 7.09. The van der Waals surface area contributed by atoms with Crippen LogP contribution in [-0.2, 0) is 9.47 Å². The Kier molecular flexibility index (Phi) is 6.07. The molecule has 1 fully saturated rings. The van der Waals surface area contributed by atoms with E-state index in [-0.39, 0.29) is 24.8 Å². The van der Waals surface area contributed by atoms with Crippen LogP contribution >= 0.6 is 0 Å². The Morgan fingerprint density at radius 2 is 2.11 bits per heavy atom. The number of carbonyl (C=O) groups excluding carboxylic acids is 1. The molecule has 1 rings (SSSR count). The molecule has 0 aromatic carbocycles. The van der Waals surface area contributed by atoms with Gasteiger partial charge in [-0.3, -0.25) is 0 Å². The first kappa shape index (κ1) is 16.2. The quantitative estimate of drug-likeness (QED) is 0.780. The molecule has 5 nitrogen and oxygen atoms in total. The van der Waals surface area contributed by atoms with Gasteiger partial charge in [-0.25, -0.2) is 4.79 Å². The predicted molar refractivity (Wildman–Crippen MR) is 73.1 cm³/mol. The van der Waals surface area contributed by atoms with Crippen molar-refractivity contribution in [3.63, 3.8) is 0 Å². The van der Waals surface area contributed by atoms with E-state index in [0.29, 0.717) is 19.6 Å². The fourth-order valence-electron chi connectivity index (χ4n) is 2.11. The number of hydrogen-bond acceptors (Lipinski definition) is 4. The fourth-order valence-corrected chi connectivity index (χ4v) is 2.11. The summed E-state index contributed by atoms with van der Waals surface area (Å²) in [6.07, 6.45) is 2.43. The number of ether oxygens (including phenoxy) is 2. The molecule has 112 valence electrons. The third kappa shape index (κ3) is 5.37. The van der Waals surface area contributed by atoms with Crippen LogP contribution in [0.3, 0.4) is 0 Å². The lowest BCUT2D eigenvalue weighted by Crippen LogP contribution is -2.41. The molecule has 0 bridgehead atoms. The largest absolute Gasteiger partial charge is 0.444 e. The molecule has 1 N–H and O–H groups in total. The molecule has 0 aromatic heterocycles. The highest BCUT2D eigenvalue weighted by atomic mass is 16.6. The number of likely N-dealkylation sites (tertiary alicyclic amines) is 1. The predicted octanol–water partition coefficient (Wildman–Crippen LogP) is 2.17. The topological polar surface area (TPSA) is 59.0 Å². The number of aliphatic hydroxyl groups excluding tert-OH is 1. The third-order valence-electron chi connectivity index (χ3n) is 3.07. The number of hydrogen-bond donors (Lipinski definition) is 1. The molecule has 1 aliphatic rings. The van der Waals surface area contributed by atoms with Gasteiger partial charge in [-0.15, -0.1) is 0 Å². The van der Waals surface area contributed by atoms with Crippen LogP contribution in [0.15, 0.2) is 0 Å². The van der Waals surface area contributed by atoms with E-state index < -0.39 is 5.60 Å². The van der Waals surface area contributed by atoms with Crippen LogP contribution in [0.1, 0.15) is 47.0 Å². The summed E-state index contributed by atoms with van der Waals surface area (Å²) in [5.74, 6) is 0. The van der Waals surface area contributed by atoms with E-state index >= 15 is 0 Å².